The highest BCUT2D eigenvalue weighted by atomic mass is 79.9. The fourth-order valence-electron chi connectivity index (χ4n) is 1.65. The van der Waals surface area contributed by atoms with Crippen molar-refractivity contribution in [2.45, 2.75) is 32.8 Å². The maximum atomic E-state index is 5.98. The zero-order chi connectivity index (χ0) is 12.7. The van der Waals surface area contributed by atoms with Crippen molar-refractivity contribution in [1.82, 2.24) is 0 Å². The third-order valence-electron chi connectivity index (χ3n) is 2.61. The van der Waals surface area contributed by atoms with Gasteiger partial charge in [-0.05, 0) is 36.5 Å². The summed E-state index contributed by atoms with van der Waals surface area (Å²) in [5.74, 6) is 0.743. The largest absolute Gasteiger partial charge is 0.373 e. The molecule has 0 aliphatic heterocycles. The predicted molar refractivity (Wildman–Crippen MR) is 78.0 cm³/mol. The molecule has 0 aliphatic rings. The van der Waals surface area contributed by atoms with Gasteiger partial charge in [0.05, 0.1) is 6.10 Å². The molecular weight excluding hydrogens is 300 g/mol. The average Bonchev–Trinajstić information content (AvgIpc) is 2.29. The maximum Gasteiger partial charge on any atom is 0.0922 e. The molecule has 1 nitrogen and oxygen atoms in total. The van der Waals surface area contributed by atoms with E-state index in [1.165, 1.54) is 6.42 Å². The lowest BCUT2D eigenvalue weighted by atomic mass is 10.1. The fourth-order valence-corrected chi connectivity index (χ4v) is 2.41. The minimum absolute atomic E-state index is 0.0980. The van der Waals surface area contributed by atoms with Crippen molar-refractivity contribution in [2.24, 2.45) is 5.92 Å². The summed E-state index contributed by atoms with van der Waals surface area (Å²) >= 11 is 9.47. The first-order valence-electron chi connectivity index (χ1n) is 6.06. The molecule has 17 heavy (non-hydrogen) atoms. The van der Waals surface area contributed by atoms with E-state index in [0.29, 0.717) is 0 Å². The number of hydrogen-bond acceptors (Lipinski definition) is 1. The summed E-state index contributed by atoms with van der Waals surface area (Å²) in [6.45, 7) is 5.28. The van der Waals surface area contributed by atoms with Gasteiger partial charge in [0.15, 0.2) is 0 Å². The first-order chi connectivity index (χ1) is 8.13. The van der Waals surface area contributed by atoms with Gasteiger partial charge in [0.25, 0.3) is 0 Å². The van der Waals surface area contributed by atoms with Crippen LogP contribution in [0.3, 0.4) is 0 Å². The van der Waals surface area contributed by atoms with Crippen LogP contribution in [0.4, 0.5) is 0 Å². The van der Waals surface area contributed by atoms with Gasteiger partial charge in [0, 0.05) is 17.0 Å². The average molecular weight is 320 g/mol. The second-order valence-electron chi connectivity index (χ2n) is 4.60. The molecule has 0 fully saturated rings. The van der Waals surface area contributed by atoms with E-state index >= 15 is 0 Å². The SMILES string of the molecule is CC(C)CCCOC(CBr)c1cccc(Cl)c1. The Labute approximate surface area is 118 Å². The van der Waals surface area contributed by atoms with Crippen molar-refractivity contribution in [3.05, 3.63) is 34.9 Å². The van der Waals surface area contributed by atoms with Crippen LogP contribution < -0.4 is 0 Å². The molecule has 96 valence electrons. The summed E-state index contributed by atoms with van der Waals surface area (Å²) < 4.78 is 5.88. The number of alkyl halides is 1. The molecule has 0 heterocycles. The van der Waals surface area contributed by atoms with Crippen LogP contribution in [0.25, 0.3) is 0 Å². The van der Waals surface area contributed by atoms with Gasteiger partial charge < -0.3 is 4.74 Å². The minimum Gasteiger partial charge on any atom is -0.373 e. The molecule has 0 spiro atoms. The normalized spacial score (nSPS) is 13.0. The van der Waals surface area contributed by atoms with E-state index in [1.807, 2.05) is 18.2 Å². The highest BCUT2D eigenvalue weighted by Crippen LogP contribution is 2.23. The highest BCUT2D eigenvalue weighted by molar-refractivity contribution is 9.09. The topological polar surface area (TPSA) is 9.23 Å². The quantitative estimate of drug-likeness (QED) is 0.494. The van der Waals surface area contributed by atoms with Gasteiger partial charge in [-0.25, -0.2) is 0 Å². The fraction of sp³-hybridized carbons (Fsp3) is 0.571. The predicted octanol–water partition coefficient (Wildman–Crippen LogP) is 5.23. The van der Waals surface area contributed by atoms with Crippen LogP contribution in [-0.4, -0.2) is 11.9 Å². The van der Waals surface area contributed by atoms with Crippen molar-refractivity contribution in [3.8, 4) is 0 Å². The molecule has 0 saturated heterocycles. The van der Waals surface area contributed by atoms with Crippen molar-refractivity contribution < 1.29 is 4.74 Å². The number of benzene rings is 1. The standard InChI is InChI=1S/C14H20BrClO/c1-11(2)5-4-8-17-14(10-15)12-6-3-7-13(16)9-12/h3,6-7,9,11,14H,4-5,8,10H2,1-2H3. The van der Waals surface area contributed by atoms with Gasteiger partial charge in [-0.15, -0.1) is 0 Å². The number of ether oxygens (including phenoxy) is 1. The Morgan fingerprint density at radius 2 is 2.12 bits per heavy atom. The summed E-state index contributed by atoms with van der Waals surface area (Å²) in [5.41, 5.74) is 1.14. The lowest BCUT2D eigenvalue weighted by molar-refractivity contribution is 0.0655. The van der Waals surface area contributed by atoms with E-state index in [0.717, 1.165) is 34.9 Å². The van der Waals surface area contributed by atoms with Crippen LogP contribution in [-0.2, 0) is 4.74 Å². The third kappa shape index (κ3) is 5.89. The van der Waals surface area contributed by atoms with Crippen LogP contribution in [0.2, 0.25) is 5.02 Å². The summed E-state index contributed by atoms with van der Waals surface area (Å²) in [4.78, 5) is 0. The Hall–Kier alpha value is -0.0500. The van der Waals surface area contributed by atoms with Crippen LogP contribution in [0.1, 0.15) is 38.4 Å². The second-order valence-corrected chi connectivity index (χ2v) is 5.69. The monoisotopic (exact) mass is 318 g/mol. The number of hydrogen-bond donors (Lipinski definition) is 0. The smallest absolute Gasteiger partial charge is 0.0922 e. The molecule has 0 saturated carbocycles. The van der Waals surface area contributed by atoms with Gasteiger partial charge in [0.2, 0.25) is 0 Å². The Kier molecular flexibility index (Phi) is 7.17. The first-order valence-corrected chi connectivity index (χ1v) is 7.56. The van der Waals surface area contributed by atoms with E-state index < -0.39 is 0 Å². The van der Waals surface area contributed by atoms with E-state index in [2.05, 4.69) is 35.8 Å². The van der Waals surface area contributed by atoms with Gasteiger partial charge in [-0.1, -0.05) is 53.5 Å². The third-order valence-corrected chi connectivity index (χ3v) is 3.43. The van der Waals surface area contributed by atoms with E-state index in [4.69, 9.17) is 16.3 Å². The Morgan fingerprint density at radius 3 is 2.71 bits per heavy atom. The molecule has 0 radical (unpaired) electrons. The maximum absolute atomic E-state index is 5.98. The van der Waals surface area contributed by atoms with Crippen molar-refractivity contribution in [3.63, 3.8) is 0 Å². The molecule has 0 bridgehead atoms. The van der Waals surface area contributed by atoms with Crippen molar-refractivity contribution >= 4 is 27.5 Å². The van der Waals surface area contributed by atoms with Crippen LogP contribution in [0, 0.1) is 5.92 Å². The Morgan fingerprint density at radius 1 is 1.35 bits per heavy atom. The molecule has 1 aromatic carbocycles. The molecule has 1 rings (SSSR count). The highest BCUT2D eigenvalue weighted by Gasteiger charge is 2.10. The molecule has 0 aliphatic carbocycles. The summed E-state index contributed by atoms with van der Waals surface area (Å²) in [6.07, 6.45) is 2.42. The molecule has 0 amide bonds. The van der Waals surface area contributed by atoms with Gasteiger partial charge in [-0.2, -0.15) is 0 Å². The van der Waals surface area contributed by atoms with E-state index in [1.54, 1.807) is 0 Å². The lowest BCUT2D eigenvalue weighted by Crippen LogP contribution is -2.07. The molecule has 1 atom stereocenters. The summed E-state index contributed by atoms with van der Waals surface area (Å²) in [6, 6.07) is 7.87. The van der Waals surface area contributed by atoms with Crippen LogP contribution in [0.5, 0.6) is 0 Å². The molecule has 3 heteroatoms. The van der Waals surface area contributed by atoms with Crippen molar-refractivity contribution in [2.75, 3.05) is 11.9 Å². The zero-order valence-corrected chi connectivity index (χ0v) is 12.8. The number of rotatable bonds is 7. The number of halogens is 2. The molecule has 0 N–H and O–H groups in total. The van der Waals surface area contributed by atoms with Crippen LogP contribution >= 0.6 is 27.5 Å². The summed E-state index contributed by atoms with van der Waals surface area (Å²) in [7, 11) is 0. The Bertz CT molecular complexity index is 328. The summed E-state index contributed by atoms with van der Waals surface area (Å²) in [5, 5.41) is 1.56. The van der Waals surface area contributed by atoms with Crippen molar-refractivity contribution in [1.29, 1.82) is 0 Å². The van der Waals surface area contributed by atoms with E-state index in [-0.39, 0.29) is 6.10 Å². The second kappa shape index (κ2) is 8.12. The molecule has 1 aromatic rings. The molecular formula is C14H20BrClO. The van der Waals surface area contributed by atoms with Gasteiger partial charge >= 0.3 is 0 Å². The zero-order valence-electron chi connectivity index (χ0n) is 10.5. The van der Waals surface area contributed by atoms with Gasteiger partial charge in [-0.3, -0.25) is 0 Å². The first kappa shape index (κ1) is 15.0. The lowest BCUT2D eigenvalue weighted by Gasteiger charge is -2.16. The van der Waals surface area contributed by atoms with E-state index in [9.17, 15) is 0 Å². The molecule has 1 unspecified atom stereocenters. The minimum atomic E-state index is 0.0980. The van der Waals surface area contributed by atoms with Crippen LogP contribution in [0.15, 0.2) is 24.3 Å². The molecule has 0 aromatic heterocycles. The van der Waals surface area contributed by atoms with Gasteiger partial charge in [0.1, 0.15) is 0 Å². The Balaban J connectivity index is 2.43.